The third-order valence-corrected chi connectivity index (χ3v) is 4.00. The number of rotatable bonds is 4. The number of nitriles is 2. The van der Waals surface area contributed by atoms with Gasteiger partial charge in [-0.25, -0.2) is 0 Å². The van der Waals surface area contributed by atoms with Gasteiger partial charge in [-0.05, 0) is 23.6 Å². The fourth-order valence-corrected chi connectivity index (χ4v) is 2.65. The first-order chi connectivity index (χ1) is 12.6. The minimum Gasteiger partial charge on any atom is -0.324 e. The molecule has 1 atom stereocenters. The number of benzene rings is 3. The average Bonchev–Trinajstić information content (AvgIpc) is 2.69. The van der Waals surface area contributed by atoms with E-state index in [1.54, 1.807) is 18.2 Å². The molecule has 124 valence electrons. The quantitative estimate of drug-likeness (QED) is 0.579. The summed E-state index contributed by atoms with van der Waals surface area (Å²) in [5.74, 6) is -2.75. The molecule has 0 heterocycles. The SMILES string of the molecule is N#Cc1ccc(C(=O)C(C#N)C(=O)Nc2cccc3ccccc23)cc1. The van der Waals surface area contributed by atoms with Crippen LogP contribution >= 0.6 is 0 Å². The molecule has 0 fully saturated rings. The molecule has 1 N–H and O–H groups in total. The predicted molar refractivity (Wildman–Crippen MR) is 97.2 cm³/mol. The lowest BCUT2D eigenvalue weighted by atomic mass is 9.97. The number of nitrogens with zero attached hydrogens (tertiary/aromatic N) is 2. The molecule has 0 saturated heterocycles. The van der Waals surface area contributed by atoms with Gasteiger partial charge in [-0.15, -0.1) is 0 Å². The molecular weight excluding hydrogens is 326 g/mol. The van der Waals surface area contributed by atoms with Crippen LogP contribution in [-0.2, 0) is 4.79 Å². The molecule has 1 unspecified atom stereocenters. The molecule has 26 heavy (non-hydrogen) atoms. The summed E-state index contributed by atoms with van der Waals surface area (Å²) in [6.45, 7) is 0. The second kappa shape index (κ2) is 7.29. The summed E-state index contributed by atoms with van der Waals surface area (Å²) in [4.78, 5) is 25.0. The molecule has 5 nitrogen and oxygen atoms in total. The van der Waals surface area contributed by atoms with E-state index in [4.69, 9.17) is 5.26 Å². The maximum absolute atomic E-state index is 12.5. The molecule has 3 aromatic rings. The maximum Gasteiger partial charge on any atom is 0.249 e. The Labute approximate surface area is 150 Å². The molecule has 0 aliphatic heterocycles. The fraction of sp³-hybridized carbons (Fsp3) is 0.0476. The number of carbonyl (C=O) groups excluding carboxylic acids is 2. The van der Waals surface area contributed by atoms with E-state index in [-0.39, 0.29) is 5.56 Å². The number of Topliss-reactive ketones (excluding diaryl/α,β-unsaturated/α-hetero) is 1. The van der Waals surface area contributed by atoms with Gasteiger partial charge in [-0.2, -0.15) is 10.5 Å². The largest absolute Gasteiger partial charge is 0.324 e. The van der Waals surface area contributed by atoms with Crippen LogP contribution in [0.2, 0.25) is 0 Å². The molecule has 0 aromatic heterocycles. The number of fused-ring (bicyclic) bond motifs is 1. The first-order valence-electron chi connectivity index (χ1n) is 7.86. The zero-order valence-electron chi connectivity index (χ0n) is 13.6. The standard InChI is InChI=1S/C21H13N3O2/c22-12-14-8-10-16(11-9-14)20(25)18(13-23)21(26)24-19-7-3-5-15-4-1-2-6-17(15)19/h1-11,18H,(H,24,26). The van der Waals surface area contributed by atoms with Crippen molar-refractivity contribution in [1.29, 1.82) is 10.5 Å². The van der Waals surface area contributed by atoms with Crippen LogP contribution in [0.15, 0.2) is 66.7 Å². The lowest BCUT2D eigenvalue weighted by Crippen LogP contribution is -2.28. The monoisotopic (exact) mass is 339 g/mol. The Morgan fingerprint density at radius 2 is 1.58 bits per heavy atom. The van der Waals surface area contributed by atoms with Crippen LogP contribution in [0, 0.1) is 28.6 Å². The van der Waals surface area contributed by atoms with E-state index in [0.29, 0.717) is 11.3 Å². The molecule has 0 aliphatic rings. The van der Waals surface area contributed by atoms with E-state index in [9.17, 15) is 14.9 Å². The minimum atomic E-state index is -1.47. The topological polar surface area (TPSA) is 93.8 Å². The minimum absolute atomic E-state index is 0.212. The number of hydrogen-bond donors (Lipinski definition) is 1. The van der Waals surface area contributed by atoms with Crippen molar-refractivity contribution < 1.29 is 9.59 Å². The number of carbonyl (C=O) groups is 2. The van der Waals surface area contributed by atoms with E-state index >= 15 is 0 Å². The van der Waals surface area contributed by atoms with Crippen molar-refractivity contribution in [3.05, 3.63) is 77.9 Å². The molecule has 0 aliphatic carbocycles. The highest BCUT2D eigenvalue weighted by atomic mass is 16.2. The number of hydrogen-bond acceptors (Lipinski definition) is 4. The zero-order valence-corrected chi connectivity index (χ0v) is 13.6. The second-order valence-corrected chi connectivity index (χ2v) is 5.63. The van der Waals surface area contributed by atoms with Crippen LogP contribution in [0.1, 0.15) is 15.9 Å². The van der Waals surface area contributed by atoms with E-state index in [1.165, 1.54) is 24.3 Å². The summed E-state index contributed by atoms with van der Waals surface area (Å²) in [6.07, 6.45) is 0. The van der Waals surface area contributed by atoms with Gasteiger partial charge in [-0.3, -0.25) is 9.59 Å². The molecule has 1 amide bonds. The summed E-state index contributed by atoms with van der Waals surface area (Å²) >= 11 is 0. The Bertz CT molecular complexity index is 1070. The maximum atomic E-state index is 12.5. The number of ketones is 1. The molecule has 3 aromatic carbocycles. The Morgan fingerprint density at radius 1 is 0.885 bits per heavy atom. The highest BCUT2D eigenvalue weighted by Gasteiger charge is 2.28. The van der Waals surface area contributed by atoms with Crippen LogP contribution in [-0.4, -0.2) is 11.7 Å². The van der Waals surface area contributed by atoms with Crippen LogP contribution in [0.4, 0.5) is 5.69 Å². The van der Waals surface area contributed by atoms with Gasteiger partial charge >= 0.3 is 0 Å². The molecule has 0 bridgehead atoms. The Morgan fingerprint density at radius 3 is 2.27 bits per heavy atom. The Balaban J connectivity index is 1.85. The summed E-state index contributed by atoms with van der Waals surface area (Å²) in [5.41, 5.74) is 1.15. The summed E-state index contributed by atoms with van der Waals surface area (Å²) < 4.78 is 0. The van der Waals surface area contributed by atoms with Crippen molar-refractivity contribution in [2.24, 2.45) is 5.92 Å². The Hall–Kier alpha value is -3.96. The molecular formula is C21H13N3O2. The van der Waals surface area contributed by atoms with Crippen LogP contribution in [0.5, 0.6) is 0 Å². The van der Waals surface area contributed by atoms with Gasteiger partial charge in [0.2, 0.25) is 5.91 Å². The third-order valence-electron chi connectivity index (χ3n) is 4.00. The van der Waals surface area contributed by atoms with Crippen molar-refractivity contribution in [1.82, 2.24) is 0 Å². The van der Waals surface area contributed by atoms with Crippen LogP contribution in [0.3, 0.4) is 0 Å². The van der Waals surface area contributed by atoms with Gasteiger partial charge in [0.1, 0.15) is 0 Å². The van der Waals surface area contributed by atoms with Crippen LogP contribution < -0.4 is 5.32 Å². The van der Waals surface area contributed by atoms with Gasteiger partial charge in [0, 0.05) is 16.6 Å². The Kier molecular flexibility index (Phi) is 4.74. The second-order valence-electron chi connectivity index (χ2n) is 5.63. The predicted octanol–water partition coefficient (Wildman–Crippen LogP) is 3.67. The number of anilines is 1. The van der Waals surface area contributed by atoms with Gasteiger partial charge in [0.25, 0.3) is 0 Å². The summed E-state index contributed by atoms with van der Waals surface area (Å²) in [6, 6.07) is 22.5. The van der Waals surface area contributed by atoms with E-state index in [1.807, 2.05) is 36.4 Å². The first-order valence-corrected chi connectivity index (χ1v) is 7.86. The molecule has 0 spiro atoms. The third kappa shape index (κ3) is 3.28. The number of amides is 1. The lowest BCUT2D eigenvalue weighted by Gasteiger charge is -2.12. The molecule has 0 radical (unpaired) electrons. The lowest BCUT2D eigenvalue weighted by molar-refractivity contribution is -0.117. The number of nitrogens with one attached hydrogen (secondary N) is 1. The van der Waals surface area contributed by atoms with Crippen molar-refractivity contribution >= 4 is 28.2 Å². The zero-order chi connectivity index (χ0) is 18.5. The van der Waals surface area contributed by atoms with Crippen molar-refractivity contribution in [3.8, 4) is 12.1 Å². The normalized spacial score (nSPS) is 11.2. The van der Waals surface area contributed by atoms with Gasteiger partial charge in [-0.1, -0.05) is 48.5 Å². The van der Waals surface area contributed by atoms with E-state index in [2.05, 4.69) is 5.32 Å². The van der Waals surface area contributed by atoms with Gasteiger partial charge in [0.15, 0.2) is 11.7 Å². The smallest absolute Gasteiger partial charge is 0.249 e. The van der Waals surface area contributed by atoms with Crippen LogP contribution in [0.25, 0.3) is 10.8 Å². The summed E-state index contributed by atoms with van der Waals surface area (Å²) in [7, 11) is 0. The fourth-order valence-electron chi connectivity index (χ4n) is 2.65. The van der Waals surface area contributed by atoms with E-state index < -0.39 is 17.6 Å². The highest BCUT2D eigenvalue weighted by Crippen LogP contribution is 2.24. The van der Waals surface area contributed by atoms with Gasteiger partial charge in [0.05, 0.1) is 17.7 Å². The summed E-state index contributed by atoms with van der Waals surface area (Å²) in [5, 5.41) is 22.6. The molecule has 3 rings (SSSR count). The average molecular weight is 339 g/mol. The van der Waals surface area contributed by atoms with E-state index in [0.717, 1.165) is 10.8 Å². The first kappa shape index (κ1) is 16.9. The molecule has 0 saturated carbocycles. The van der Waals surface area contributed by atoms with Gasteiger partial charge < -0.3 is 5.32 Å². The van der Waals surface area contributed by atoms with Crippen molar-refractivity contribution in [2.45, 2.75) is 0 Å². The van der Waals surface area contributed by atoms with Crippen molar-refractivity contribution in [3.63, 3.8) is 0 Å². The molecule has 5 heteroatoms. The van der Waals surface area contributed by atoms with Crippen molar-refractivity contribution in [2.75, 3.05) is 5.32 Å². The highest BCUT2D eigenvalue weighted by molar-refractivity contribution is 6.17.